The molecule has 4 aromatic rings. The number of nitrogens with one attached hydrogen (secondary N) is 1. The second-order valence-corrected chi connectivity index (χ2v) is 8.84. The molecule has 1 atom stereocenters. The summed E-state index contributed by atoms with van der Waals surface area (Å²) in [7, 11) is 0. The van der Waals surface area contributed by atoms with Crippen LogP contribution in [0.4, 0.5) is 0 Å². The molecule has 2 heterocycles. The minimum Gasteiger partial charge on any atom is -0.444 e. The maximum Gasteiger partial charge on any atom is 0.295 e. The van der Waals surface area contributed by atoms with Crippen LogP contribution in [0, 0.1) is 0 Å². The SMILES string of the molecule is CCC(=O)NC(CCCCN(Cc1ccc2ccccc2n1)Cc1ccc2ccccc2n1)OC=O. The van der Waals surface area contributed by atoms with Gasteiger partial charge in [-0.1, -0.05) is 55.5 Å². The third-order valence-corrected chi connectivity index (χ3v) is 6.14. The van der Waals surface area contributed by atoms with E-state index >= 15 is 0 Å². The van der Waals surface area contributed by atoms with Gasteiger partial charge in [-0.25, -0.2) is 0 Å². The zero-order chi connectivity index (χ0) is 25.2. The van der Waals surface area contributed by atoms with Gasteiger partial charge in [0.2, 0.25) is 5.91 Å². The summed E-state index contributed by atoms with van der Waals surface area (Å²) in [4.78, 5) is 34.6. The number of pyridine rings is 2. The largest absolute Gasteiger partial charge is 0.444 e. The average Bonchev–Trinajstić information content (AvgIpc) is 2.90. The average molecular weight is 485 g/mol. The lowest BCUT2D eigenvalue weighted by molar-refractivity contribution is -0.138. The molecule has 1 N–H and O–H groups in total. The molecule has 4 rings (SSSR count). The number of para-hydroxylation sites is 2. The third-order valence-electron chi connectivity index (χ3n) is 6.14. The molecule has 0 radical (unpaired) electrons. The summed E-state index contributed by atoms with van der Waals surface area (Å²) in [6.07, 6.45) is 2.01. The fourth-order valence-corrected chi connectivity index (χ4v) is 4.25. The van der Waals surface area contributed by atoms with Crippen LogP contribution in [0.2, 0.25) is 0 Å². The summed E-state index contributed by atoms with van der Waals surface area (Å²) in [5.41, 5.74) is 3.98. The molecule has 0 aliphatic carbocycles. The Balaban J connectivity index is 1.44. The van der Waals surface area contributed by atoms with Gasteiger partial charge in [-0.05, 0) is 43.7 Å². The van der Waals surface area contributed by atoms with Crippen molar-refractivity contribution in [2.45, 2.75) is 51.9 Å². The van der Waals surface area contributed by atoms with Crippen molar-refractivity contribution in [1.29, 1.82) is 0 Å². The van der Waals surface area contributed by atoms with Crippen LogP contribution in [-0.4, -0.2) is 40.0 Å². The van der Waals surface area contributed by atoms with E-state index in [9.17, 15) is 9.59 Å². The molecule has 1 unspecified atom stereocenters. The molecule has 0 fully saturated rings. The molecule has 36 heavy (non-hydrogen) atoms. The fourth-order valence-electron chi connectivity index (χ4n) is 4.25. The maximum atomic E-state index is 11.7. The number of rotatable bonds is 13. The Labute approximate surface area is 211 Å². The summed E-state index contributed by atoms with van der Waals surface area (Å²) in [5, 5.41) is 4.99. The zero-order valence-electron chi connectivity index (χ0n) is 20.6. The fraction of sp³-hybridized carbons (Fsp3) is 0.310. The summed E-state index contributed by atoms with van der Waals surface area (Å²) in [6, 6.07) is 24.6. The highest BCUT2D eigenvalue weighted by Crippen LogP contribution is 2.17. The molecule has 0 aliphatic rings. The number of amides is 1. The van der Waals surface area contributed by atoms with Crippen molar-refractivity contribution in [3.63, 3.8) is 0 Å². The van der Waals surface area contributed by atoms with Crippen LogP contribution in [0.3, 0.4) is 0 Å². The van der Waals surface area contributed by atoms with Gasteiger partial charge in [0.1, 0.15) is 0 Å². The summed E-state index contributed by atoms with van der Waals surface area (Å²) in [5.74, 6) is -0.131. The molecule has 0 saturated heterocycles. The minimum absolute atomic E-state index is 0.131. The number of benzene rings is 2. The number of nitrogens with zero attached hydrogens (tertiary/aromatic N) is 3. The topological polar surface area (TPSA) is 84.4 Å². The van der Waals surface area contributed by atoms with Crippen LogP contribution in [0.5, 0.6) is 0 Å². The lowest BCUT2D eigenvalue weighted by Gasteiger charge is -2.23. The number of aromatic nitrogens is 2. The Morgan fingerprint density at radius 1 is 0.889 bits per heavy atom. The molecule has 2 aromatic carbocycles. The highest BCUT2D eigenvalue weighted by molar-refractivity contribution is 5.79. The predicted molar refractivity (Wildman–Crippen MR) is 141 cm³/mol. The van der Waals surface area contributed by atoms with Crippen molar-refractivity contribution < 1.29 is 14.3 Å². The van der Waals surface area contributed by atoms with Crippen LogP contribution in [0.25, 0.3) is 21.8 Å². The van der Waals surface area contributed by atoms with Crippen molar-refractivity contribution in [3.05, 3.63) is 84.2 Å². The standard InChI is InChI=1S/C29H32N4O3/c1-2-28(35)32-29(36-21-34)13-7-8-18-33(19-24-16-14-22-9-3-5-11-26(22)30-24)20-25-17-15-23-10-4-6-12-27(23)31-25/h3-6,9-12,14-17,21,29H,2,7-8,13,18-20H2,1H3,(H,32,35). The Bertz CT molecular complexity index is 1230. The Morgan fingerprint density at radius 2 is 1.47 bits per heavy atom. The van der Waals surface area contributed by atoms with E-state index in [0.717, 1.165) is 52.6 Å². The number of carbonyl (C=O) groups excluding carboxylic acids is 2. The third kappa shape index (κ3) is 7.09. The molecule has 2 aromatic heterocycles. The van der Waals surface area contributed by atoms with Crippen LogP contribution < -0.4 is 5.32 Å². The van der Waals surface area contributed by atoms with E-state index in [4.69, 9.17) is 14.7 Å². The Hall–Kier alpha value is -3.84. The first-order chi connectivity index (χ1) is 17.6. The molecule has 0 saturated carbocycles. The molecule has 7 nitrogen and oxygen atoms in total. The first-order valence-corrected chi connectivity index (χ1v) is 12.4. The molecule has 0 spiro atoms. The molecule has 1 amide bonds. The van der Waals surface area contributed by atoms with Crippen LogP contribution in [0.15, 0.2) is 72.8 Å². The van der Waals surface area contributed by atoms with Gasteiger partial charge in [0.25, 0.3) is 6.47 Å². The Kier molecular flexibility index (Phi) is 8.94. The molecular weight excluding hydrogens is 452 g/mol. The van der Waals surface area contributed by atoms with E-state index in [2.05, 4.69) is 46.6 Å². The molecule has 186 valence electrons. The van der Waals surface area contributed by atoms with Crippen molar-refractivity contribution in [1.82, 2.24) is 20.2 Å². The monoisotopic (exact) mass is 484 g/mol. The van der Waals surface area contributed by atoms with Gasteiger partial charge in [-0.2, -0.15) is 0 Å². The summed E-state index contributed by atoms with van der Waals surface area (Å²) < 4.78 is 5.05. The molecule has 7 heteroatoms. The van der Waals surface area contributed by atoms with Gasteiger partial charge in [0.05, 0.1) is 22.4 Å². The van der Waals surface area contributed by atoms with Crippen LogP contribution in [-0.2, 0) is 27.4 Å². The van der Waals surface area contributed by atoms with E-state index < -0.39 is 6.23 Å². The molecule has 0 bridgehead atoms. The lowest BCUT2D eigenvalue weighted by Crippen LogP contribution is -2.36. The van der Waals surface area contributed by atoms with Crippen molar-refractivity contribution in [3.8, 4) is 0 Å². The molecule has 0 aliphatic heterocycles. The quantitative estimate of drug-likeness (QED) is 0.164. The van der Waals surface area contributed by atoms with E-state index in [1.807, 2.05) is 36.4 Å². The normalized spacial score (nSPS) is 12.1. The van der Waals surface area contributed by atoms with E-state index in [0.29, 0.717) is 32.4 Å². The predicted octanol–water partition coefficient (Wildman–Crippen LogP) is 4.98. The van der Waals surface area contributed by atoms with Crippen molar-refractivity contribution in [2.24, 2.45) is 0 Å². The first-order valence-electron chi connectivity index (χ1n) is 12.4. The van der Waals surface area contributed by atoms with Gasteiger partial charge in [-0.15, -0.1) is 0 Å². The number of unbranched alkanes of at least 4 members (excludes halogenated alkanes) is 1. The number of hydrogen-bond acceptors (Lipinski definition) is 6. The highest BCUT2D eigenvalue weighted by atomic mass is 16.5. The Morgan fingerprint density at radius 3 is 2.03 bits per heavy atom. The summed E-state index contributed by atoms with van der Waals surface area (Å²) >= 11 is 0. The number of carbonyl (C=O) groups is 2. The molecular formula is C29H32N4O3. The number of fused-ring (bicyclic) bond motifs is 2. The first kappa shape index (κ1) is 25.3. The smallest absolute Gasteiger partial charge is 0.295 e. The van der Waals surface area contributed by atoms with Gasteiger partial charge >= 0.3 is 0 Å². The number of ether oxygens (including phenoxy) is 1. The minimum atomic E-state index is -0.590. The van der Waals surface area contributed by atoms with Crippen molar-refractivity contribution in [2.75, 3.05) is 6.54 Å². The van der Waals surface area contributed by atoms with Gasteiger partial charge in [-0.3, -0.25) is 24.5 Å². The summed E-state index contributed by atoms with van der Waals surface area (Å²) in [6.45, 7) is 4.37. The van der Waals surface area contributed by atoms with E-state index in [1.165, 1.54) is 0 Å². The second-order valence-electron chi connectivity index (χ2n) is 8.84. The van der Waals surface area contributed by atoms with Crippen LogP contribution >= 0.6 is 0 Å². The van der Waals surface area contributed by atoms with Gasteiger partial charge < -0.3 is 10.1 Å². The lowest BCUT2D eigenvalue weighted by atomic mass is 10.1. The second kappa shape index (κ2) is 12.7. The van der Waals surface area contributed by atoms with Crippen molar-refractivity contribution >= 4 is 34.2 Å². The highest BCUT2D eigenvalue weighted by Gasteiger charge is 2.14. The van der Waals surface area contributed by atoms with Crippen LogP contribution in [0.1, 0.15) is 44.0 Å². The zero-order valence-corrected chi connectivity index (χ0v) is 20.6. The van der Waals surface area contributed by atoms with Gasteiger partial charge in [0, 0.05) is 36.7 Å². The number of hydrogen-bond donors (Lipinski definition) is 1. The van der Waals surface area contributed by atoms with Gasteiger partial charge in [0.15, 0.2) is 6.23 Å². The maximum absolute atomic E-state index is 11.7. The van der Waals surface area contributed by atoms with E-state index in [1.54, 1.807) is 6.92 Å². The van der Waals surface area contributed by atoms with E-state index in [-0.39, 0.29) is 5.91 Å².